The van der Waals surface area contributed by atoms with E-state index >= 15 is 0 Å². The van der Waals surface area contributed by atoms with Crippen LogP contribution in [0.5, 0.6) is 0 Å². The molecule has 3 unspecified atom stereocenters. The van der Waals surface area contributed by atoms with Gasteiger partial charge in [0.25, 0.3) is 0 Å². The van der Waals surface area contributed by atoms with E-state index in [-0.39, 0.29) is 24.5 Å². The van der Waals surface area contributed by atoms with E-state index in [1.807, 2.05) is 24.7 Å². The van der Waals surface area contributed by atoms with Crippen molar-refractivity contribution in [3.8, 4) is 0 Å². The molecule has 4 rings (SSSR count). The number of nitrogens with one attached hydrogen (secondary N) is 1. The van der Waals surface area contributed by atoms with E-state index in [0.717, 1.165) is 16.0 Å². The summed E-state index contributed by atoms with van der Waals surface area (Å²) in [6, 6.07) is 12.1. The van der Waals surface area contributed by atoms with E-state index in [9.17, 15) is 9.00 Å². The van der Waals surface area contributed by atoms with Gasteiger partial charge in [-0.1, -0.05) is 35.9 Å². The van der Waals surface area contributed by atoms with Crippen molar-refractivity contribution < 1.29 is 9.00 Å². The standard InChI is InChI=1S/C22H26N4O2S2/c1-16-5-7-17(8-6-16)22(20-4-3-10-29-20)24-21(27)14-26-9-11-30(28)15-19(26)18-12-23-25(2)13-18/h3-8,10,12-13,19,22H,9,11,14-15H2,1-2H3,(H,24,27). The summed E-state index contributed by atoms with van der Waals surface area (Å²) in [6.07, 6.45) is 3.75. The number of aromatic nitrogens is 2. The van der Waals surface area contributed by atoms with Crippen molar-refractivity contribution in [1.82, 2.24) is 20.0 Å². The zero-order chi connectivity index (χ0) is 21.1. The van der Waals surface area contributed by atoms with Gasteiger partial charge in [0.05, 0.1) is 18.8 Å². The second kappa shape index (κ2) is 9.24. The van der Waals surface area contributed by atoms with E-state index in [1.54, 1.807) is 22.2 Å². The van der Waals surface area contributed by atoms with Gasteiger partial charge < -0.3 is 5.32 Å². The summed E-state index contributed by atoms with van der Waals surface area (Å²) in [5.41, 5.74) is 3.27. The summed E-state index contributed by atoms with van der Waals surface area (Å²) in [6.45, 7) is 2.96. The van der Waals surface area contributed by atoms with Crippen molar-refractivity contribution in [3.05, 3.63) is 75.7 Å². The van der Waals surface area contributed by atoms with Crippen LogP contribution in [0.4, 0.5) is 0 Å². The minimum Gasteiger partial charge on any atom is -0.343 e. The smallest absolute Gasteiger partial charge is 0.234 e. The Bertz CT molecular complexity index is 1010. The van der Waals surface area contributed by atoms with E-state index < -0.39 is 10.8 Å². The number of amides is 1. The predicted molar refractivity (Wildman–Crippen MR) is 121 cm³/mol. The van der Waals surface area contributed by atoms with E-state index in [0.29, 0.717) is 18.1 Å². The molecule has 8 heteroatoms. The molecule has 1 aliphatic rings. The minimum atomic E-state index is -0.873. The molecule has 6 nitrogen and oxygen atoms in total. The van der Waals surface area contributed by atoms with Crippen LogP contribution in [0.1, 0.15) is 33.7 Å². The first-order valence-electron chi connectivity index (χ1n) is 9.96. The molecule has 1 aliphatic heterocycles. The van der Waals surface area contributed by atoms with Crippen LogP contribution in [0.15, 0.2) is 54.2 Å². The maximum Gasteiger partial charge on any atom is 0.234 e. The van der Waals surface area contributed by atoms with Gasteiger partial charge in [-0.05, 0) is 23.9 Å². The second-order valence-electron chi connectivity index (χ2n) is 7.67. The molecule has 1 saturated heterocycles. The first-order valence-corrected chi connectivity index (χ1v) is 12.3. The molecule has 1 fully saturated rings. The van der Waals surface area contributed by atoms with Crippen molar-refractivity contribution in [3.63, 3.8) is 0 Å². The molecule has 1 aromatic carbocycles. The number of nitrogens with zero attached hydrogens (tertiary/aromatic N) is 3. The summed E-state index contributed by atoms with van der Waals surface area (Å²) in [5.74, 6) is 1.09. The molecule has 0 bridgehead atoms. The molecule has 0 saturated carbocycles. The lowest BCUT2D eigenvalue weighted by molar-refractivity contribution is -0.123. The fourth-order valence-corrected chi connectivity index (χ4v) is 5.94. The van der Waals surface area contributed by atoms with Gasteiger partial charge in [-0.3, -0.25) is 18.6 Å². The first kappa shape index (κ1) is 21.0. The molecular weight excluding hydrogens is 416 g/mol. The summed E-state index contributed by atoms with van der Waals surface area (Å²) in [7, 11) is 0.996. The Morgan fingerprint density at radius 2 is 2.13 bits per heavy atom. The first-order chi connectivity index (χ1) is 14.5. The number of thiophene rings is 1. The van der Waals surface area contributed by atoms with E-state index in [4.69, 9.17) is 0 Å². The third-order valence-electron chi connectivity index (χ3n) is 5.39. The Morgan fingerprint density at radius 3 is 2.80 bits per heavy atom. The van der Waals surface area contributed by atoms with E-state index in [1.165, 1.54) is 5.56 Å². The van der Waals surface area contributed by atoms with Crippen molar-refractivity contribution in [2.45, 2.75) is 19.0 Å². The molecule has 0 radical (unpaired) electrons. The summed E-state index contributed by atoms with van der Waals surface area (Å²) in [5, 5.41) is 9.50. The maximum absolute atomic E-state index is 13.1. The van der Waals surface area contributed by atoms with Crippen molar-refractivity contribution in [1.29, 1.82) is 0 Å². The quantitative estimate of drug-likeness (QED) is 0.638. The number of aryl methyl sites for hydroxylation is 2. The Hall–Kier alpha value is -2.29. The number of rotatable bonds is 6. The molecule has 2 aromatic heterocycles. The number of hydrogen-bond acceptors (Lipinski definition) is 5. The Labute approximate surface area is 183 Å². The number of hydrogen-bond donors (Lipinski definition) is 1. The van der Waals surface area contributed by atoms with Gasteiger partial charge in [-0.15, -0.1) is 11.3 Å². The molecule has 3 atom stereocenters. The van der Waals surface area contributed by atoms with Gasteiger partial charge in [-0.25, -0.2) is 0 Å². The Kier molecular flexibility index (Phi) is 6.46. The molecule has 3 heterocycles. The fourth-order valence-electron chi connectivity index (χ4n) is 3.77. The Morgan fingerprint density at radius 1 is 1.33 bits per heavy atom. The highest BCUT2D eigenvalue weighted by molar-refractivity contribution is 7.85. The maximum atomic E-state index is 13.1. The molecular formula is C22H26N4O2S2. The lowest BCUT2D eigenvalue weighted by atomic mass is 10.0. The van der Waals surface area contributed by atoms with E-state index in [2.05, 4.69) is 52.6 Å². The lowest BCUT2D eigenvalue weighted by Gasteiger charge is -2.34. The third kappa shape index (κ3) is 4.88. The highest BCUT2D eigenvalue weighted by Crippen LogP contribution is 2.28. The molecule has 1 N–H and O–H groups in total. The molecule has 0 aliphatic carbocycles. The average molecular weight is 443 g/mol. The molecule has 158 valence electrons. The van der Waals surface area contributed by atoms with Crippen LogP contribution in [0.25, 0.3) is 0 Å². The van der Waals surface area contributed by atoms with Gasteiger partial charge in [0, 0.05) is 58.6 Å². The van der Waals surface area contributed by atoms with Gasteiger partial charge >= 0.3 is 0 Å². The normalized spacial score (nSPS) is 20.7. The monoisotopic (exact) mass is 442 g/mol. The van der Waals surface area contributed by atoms with Crippen LogP contribution < -0.4 is 5.32 Å². The Balaban J connectivity index is 1.51. The molecule has 30 heavy (non-hydrogen) atoms. The summed E-state index contributed by atoms with van der Waals surface area (Å²) >= 11 is 1.64. The van der Waals surface area contributed by atoms with Crippen LogP contribution in [-0.2, 0) is 22.6 Å². The highest BCUT2D eigenvalue weighted by atomic mass is 32.2. The fraction of sp³-hybridized carbons (Fsp3) is 0.364. The lowest BCUT2D eigenvalue weighted by Crippen LogP contribution is -2.46. The second-order valence-corrected chi connectivity index (χ2v) is 10.3. The largest absolute Gasteiger partial charge is 0.343 e. The van der Waals surface area contributed by atoms with Gasteiger partial charge in [0.1, 0.15) is 0 Å². The van der Waals surface area contributed by atoms with Crippen molar-refractivity contribution >= 4 is 28.0 Å². The highest BCUT2D eigenvalue weighted by Gasteiger charge is 2.30. The predicted octanol–water partition coefficient (Wildman–Crippen LogP) is 2.80. The average Bonchev–Trinajstić information content (AvgIpc) is 3.40. The number of carbonyl (C=O) groups is 1. The SMILES string of the molecule is Cc1ccc(C(NC(=O)CN2CCS(=O)CC2c2cnn(C)c2)c2cccs2)cc1. The summed E-state index contributed by atoms with van der Waals surface area (Å²) < 4.78 is 13.9. The van der Waals surface area contributed by atoms with Gasteiger partial charge in [0.2, 0.25) is 5.91 Å². The van der Waals surface area contributed by atoms with Crippen LogP contribution in [0, 0.1) is 6.92 Å². The number of carbonyl (C=O) groups excluding carboxylic acids is 1. The number of benzene rings is 1. The zero-order valence-corrected chi connectivity index (χ0v) is 18.8. The van der Waals surface area contributed by atoms with Crippen LogP contribution >= 0.6 is 11.3 Å². The molecule has 0 spiro atoms. The van der Waals surface area contributed by atoms with Crippen LogP contribution in [0.2, 0.25) is 0 Å². The van der Waals surface area contributed by atoms with Gasteiger partial charge in [-0.2, -0.15) is 5.10 Å². The summed E-state index contributed by atoms with van der Waals surface area (Å²) in [4.78, 5) is 16.3. The van der Waals surface area contributed by atoms with Crippen LogP contribution in [0.3, 0.4) is 0 Å². The molecule has 1 amide bonds. The van der Waals surface area contributed by atoms with Crippen LogP contribution in [-0.4, -0.2) is 49.4 Å². The van der Waals surface area contributed by atoms with Gasteiger partial charge in [0.15, 0.2) is 0 Å². The zero-order valence-electron chi connectivity index (χ0n) is 17.2. The molecule has 3 aromatic rings. The minimum absolute atomic E-state index is 0.0319. The van der Waals surface area contributed by atoms with Crippen molar-refractivity contribution in [2.24, 2.45) is 7.05 Å². The third-order valence-corrected chi connectivity index (χ3v) is 7.65. The van der Waals surface area contributed by atoms with Crippen molar-refractivity contribution in [2.75, 3.05) is 24.6 Å². The topological polar surface area (TPSA) is 67.2 Å².